The highest BCUT2D eigenvalue weighted by atomic mass is 16.1. The van der Waals surface area contributed by atoms with Crippen LogP contribution in [0.3, 0.4) is 0 Å². The standard InChI is InChI=1S/C11H22O/c1-5-7-8-10(9(3)4)11(12)6-2/h9-10H,5-8H2,1-4H3/t10-/m0/s1. The summed E-state index contributed by atoms with van der Waals surface area (Å²) in [4.78, 5) is 11.5. The van der Waals surface area contributed by atoms with Crippen LogP contribution in [0.2, 0.25) is 0 Å². The van der Waals surface area contributed by atoms with E-state index in [2.05, 4.69) is 20.8 Å². The lowest BCUT2D eigenvalue weighted by atomic mass is 9.86. The molecule has 72 valence electrons. The molecule has 0 amide bonds. The van der Waals surface area contributed by atoms with Crippen molar-refractivity contribution in [3.63, 3.8) is 0 Å². The van der Waals surface area contributed by atoms with E-state index >= 15 is 0 Å². The molecule has 0 heterocycles. The van der Waals surface area contributed by atoms with Crippen LogP contribution in [0.4, 0.5) is 0 Å². The van der Waals surface area contributed by atoms with Crippen molar-refractivity contribution in [2.75, 3.05) is 0 Å². The molecule has 0 saturated heterocycles. The molecule has 0 spiro atoms. The van der Waals surface area contributed by atoms with Crippen LogP contribution in [0.1, 0.15) is 53.4 Å². The lowest BCUT2D eigenvalue weighted by Gasteiger charge is -2.18. The number of carbonyl (C=O) groups excluding carboxylic acids is 1. The van der Waals surface area contributed by atoms with Crippen molar-refractivity contribution in [2.24, 2.45) is 11.8 Å². The summed E-state index contributed by atoms with van der Waals surface area (Å²) in [5.74, 6) is 1.28. The van der Waals surface area contributed by atoms with E-state index in [1.54, 1.807) is 0 Å². The second-order valence-corrected chi connectivity index (χ2v) is 3.81. The fourth-order valence-corrected chi connectivity index (χ4v) is 1.55. The predicted molar refractivity (Wildman–Crippen MR) is 53.2 cm³/mol. The van der Waals surface area contributed by atoms with E-state index in [9.17, 15) is 4.79 Å². The first-order chi connectivity index (χ1) is 5.63. The lowest BCUT2D eigenvalue weighted by molar-refractivity contribution is -0.124. The summed E-state index contributed by atoms with van der Waals surface area (Å²) in [7, 11) is 0. The van der Waals surface area contributed by atoms with Gasteiger partial charge < -0.3 is 0 Å². The molecule has 0 unspecified atom stereocenters. The zero-order valence-corrected chi connectivity index (χ0v) is 8.89. The largest absolute Gasteiger partial charge is 0.299 e. The van der Waals surface area contributed by atoms with Crippen molar-refractivity contribution >= 4 is 5.78 Å². The van der Waals surface area contributed by atoms with Gasteiger partial charge in [0.05, 0.1) is 0 Å². The Morgan fingerprint density at radius 2 is 1.83 bits per heavy atom. The van der Waals surface area contributed by atoms with Crippen molar-refractivity contribution in [3.8, 4) is 0 Å². The maximum atomic E-state index is 11.5. The number of unbranched alkanes of at least 4 members (excludes halogenated alkanes) is 1. The van der Waals surface area contributed by atoms with Crippen LogP contribution in [-0.4, -0.2) is 5.78 Å². The zero-order chi connectivity index (χ0) is 9.56. The van der Waals surface area contributed by atoms with Gasteiger partial charge in [-0.1, -0.05) is 40.5 Å². The first-order valence-electron chi connectivity index (χ1n) is 5.16. The minimum absolute atomic E-state index is 0.315. The summed E-state index contributed by atoms with van der Waals surface area (Å²) < 4.78 is 0. The molecule has 0 N–H and O–H groups in total. The molecule has 0 rings (SSSR count). The Labute approximate surface area is 76.6 Å². The molecule has 12 heavy (non-hydrogen) atoms. The number of hydrogen-bond donors (Lipinski definition) is 0. The van der Waals surface area contributed by atoms with Crippen molar-refractivity contribution in [1.29, 1.82) is 0 Å². The molecule has 0 aromatic carbocycles. The van der Waals surface area contributed by atoms with Gasteiger partial charge in [-0.2, -0.15) is 0 Å². The quantitative estimate of drug-likeness (QED) is 0.597. The van der Waals surface area contributed by atoms with Crippen molar-refractivity contribution < 1.29 is 4.79 Å². The normalized spacial score (nSPS) is 13.4. The number of carbonyl (C=O) groups is 1. The van der Waals surface area contributed by atoms with Crippen LogP contribution in [-0.2, 0) is 4.79 Å². The van der Waals surface area contributed by atoms with Crippen molar-refractivity contribution in [1.82, 2.24) is 0 Å². The maximum Gasteiger partial charge on any atom is 0.135 e. The first-order valence-corrected chi connectivity index (χ1v) is 5.16. The van der Waals surface area contributed by atoms with Gasteiger partial charge in [0.15, 0.2) is 0 Å². The second kappa shape index (κ2) is 6.22. The molecule has 1 nitrogen and oxygen atoms in total. The highest BCUT2D eigenvalue weighted by molar-refractivity contribution is 5.80. The number of Topliss-reactive ketones (excluding diaryl/α,β-unsaturated/α-hetero) is 1. The lowest BCUT2D eigenvalue weighted by Crippen LogP contribution is -2.19. The Kier molecular flexibility index (Phi) is 6.04. The molecule has 0 aromatic rings. The van der Waals surface area contributed by atoms with Gasteiger partial charge in [-0.05, 0) is 12.3 Å². The van der Waals surface area contributed by atoms with Gasteiger partial charge in [-0.15, -0.1) is 0 Å². The fraction of sp³-hybridized carbons (Fsp3) is 0.909. The third-order valence-corrected chi connectivity index (χ3v) is 2.44. The van der Waals surface area contributed by atoms with Gasteiger partial charge in [0.25, 0.3) is 0 Å². The van der Waals surface area contributed by atoms with Crippen LogP contribution in [0.25, 0.3) is 0 Å². The van der Waals surface area contributed by atoms with Gasteiger partial charge >= 0.3 is 0 Å². The van der Waals surface area contributed by atoms with Gasteiger partial charge in [-0.25, -0.2) is 0 Å². The fourth-order valence-electron chi connectivity index (χ4n) is 1.55. The average Bonchev–Trinajstić information content (AvgIpc) is 2.04. The van der Waals surface area contributed by atoms with Crippen molar-refractivity contribution in [3.05, 3.63) is 0 Å². The molecule has 0 aromatic heterocycles. The van der Waals surface area contributed by atoms with Crippen LogP contribution in [0.5, 0.6) is 0 Å². The van der Waals surface area contributed by atoms with Gasteiger partial charge in [0, 0.05) is 12.3 Å². The number of hydrogen-bond acceptors (Lipinski definition) is 1. The molecular weight excluding hydrogens is 148 g/mol. The number of rotatable bonds is 6. The molecular formula is C11H22O. The summed E-state index contributed by atoms with van der Waals surface area (Å²) in [5, 5.41) is 0. The third kappa shape index (κ3) is 3.89. The van der Waals surface area contributed by atoms with Gasteiger partial charge in [-0.3, -0.25) is 4.79 Å². The van der Waals surface area contributed by atoms with E-state index in [0.717, 1.165) is 6.42 Å². The average molecular weight is 170 g/mol. The Hall–Kier alpha value is -0.330. The summed E-state index contributed by atoms with van der Waals surface area (Å²) >= 11 is 0. The highest BCUT2D eigenvalue weighted by Gasteiger charge is 2.19. The Bertz CT molecular complexity index is 127. The molecule has 0 fully saturated rings. The molecule has 0 aliphatic carbocycles. The van der Waals surface area contributed by atoms with Crippen LogP contribution >= 0.6 is 0 Å². The predicted octanol–water partition coefficient (Wildman–Crippen LogP) is 3.43. The summed E-state index contributed by atoms with van der Waals surface area (Å²) in [6.07, 6.45) is 4.17. The Balaban J connectivity index is 3.95. The third-order valence-electron chi connectivity index (χ3n) is 2.44. The van der Waals surface area contributed by atoms with Crippen molar-refractivity contribution in [2.45, 2.75) is 53.4 Å². The van der Waals surface area contributed by atoms with E-state index in [-0.39, 0.29) is 0 Å². The van der Waals surface area contributed by atoms with E-state index in [1.807, 2.05) is 6.92 Å². The van der Waals surface area contributed by atoms with E-state index in [4.69, 9.17) is 0 Å². The van der Waals surface area contributed by atoms with Crippen LogP contribution in [0, 0.1) is 11.8 Å². The first kappa shape index (κ1) is 11.7. The molecule has 0 aliphatic heterocycles. The highest BCUT2D eigenvalue weighted by Crippen LogP contribution is 2.20. The van der Waals surface area contributed by atoms with E-state index in [1.165, 1.54) is 12.8 Å². The van der Waals surface area contributed by atoms with Gasteiger partial charge in [0.2, 0.25) is 0 Å². The number of ketones is 1. The molecule has 0 saturated carbocycles. The SMILES string of the molecule is CCCC[C@H](C(=O)CC)C(C)C. The van der Waals surface area contributed by atoms with Gasteiger partial charge in [0.1, 0.15) is 5.78 Å². The smallest absolute Gasteiger partial charge is 0.135 e. The second-order valence-electron chi connectivity index (χ2n) is 3.81. The summed E-state index contributed by atoms with van der Waals surface area (Å²) in [5.41, 5.74) is 0. The Morgan fingerprint density at radius 1 is 1.25 bits per heavy atom. The Morgan fingerprint density at radius 3 is 2.17 bits per heavy atom. The zero-order valence-electron chi connectivity index (χ0n) is 8.89. The summed E-state index contributed by atoms with van der Waals surface area (Å²) in [6.45, 7) is 8.43. The molecule has 1 heteroatoms. The van der Waals surface area contributed by atoms with E-state index < -0.39 is 0 Å². The molecule has 0 aliphatic rings. The van der Waals surface area contributed by atoms with Crippen LogP contribution < -0.4 is 0 Å². The minimum Gasteiger partial charge on any atom is -0.299 e. The monoisotopic (exact) mass is 170 g/mol. The maximum absolute atomic E-state index is 11.5. The molecule has 0 radical (unpaired) electrons. The summed E-state index contributed by atoms with van der Waals surface area (Å²) in [6, 6.07) is 0. The molecule has 1 atom stereocenters. The topological polar surface area (TPSA) is 17.1 Å². The molecule has 0 bridgehead atoms. The van der Waals surface area contributed by atoms with E-state index in [0.29, 0.717) is 24.0 Å². The van der Waals surface area contributed by atoms with Crippen LogP contribution in [0.15, 0.2) is 0 Å². The minimum atomic E-state index is 0.315.